The number of carbonyl (C=O) groups is 2. The Hall–Kier alpha value is -3.73. The minimum absolute atomic E-state index is 0.0418. The molecular weight excluding hydrogens is 471 g/mol. The number of amides is 2. The maximum Gasteiger partial charge on any atom is 0.262 e. The van der Waals surface area contributed by atoms with E-state index in [1.54, 1.807) is 40.8 Å². The molecule has 0 unspecified atom stereocenters. The van der Waals surface area contributed by atoms with Gasteiger partial charge in [0.2, 0.25) is 17.6 Å². The van der Waals surface area contributed by atoms with Crippen LogP contribution in [0.1, 0.15) is 26.7 Å². The molecule has 0 aliphatic rings. The van der Waals surface area contributed by atoms with E-state index in [-0.39, 0.29) is 47.7 Å². The van der Waals surface area contributed by atoms with Gasteiger partial charge in [-0.25, -0.2) is 4.39 Å². The molecule has 0 radical (unpaired) electrons. The molecule has 11 heteroatoms. The Balaban J connectivity index is 1.61. The van der Waals surface area contributed by atoms with Gasteiger partial charge in [-0.15, -0.1) is 10.2 Å². The van der Waals surface area contributed by atoms with Crippen LogP contribution in [0.15, 0.2) is 58.5 Å². The summed E-state index contributed by atoms with van der Waals surface area (Å²) in [5, 5.41) is 14.7. The van der Waals surface area contributed by atoms with E-state index in [4.69, 9.17) is 0 Å². The lowest BCUT2D eigenvalue weighted by atomic mass is 10.2. The molecule has 35 heavy (non-hydrogen) atoms. The summed E-state index contributed by atoms with van der Waals surface area (Å²) in [4.78, 5) is 37.9. The van der Waals surface area contributed by atoms with Crippen LogP contribution in [0, 0.1) is 5.82 Å². The molecule has 182 valence electrons. The zero-order valence-electron chi connectivity index (χ0n) is 19.3. The molecule has 4 rings (SSSR count). The third-order valence-corrected chi connectivity index (χ3v) is 6.47. The van der Waals surface area contributed by atoms with Gasteiger partial charge in [-0.3, -0.25) is 23.4 Å². The van der Waals surface area contributed by atoms with Crippen LogP contribution in [0.25, 0.3) is 16.7 Å². The molecule has 2 aromatic carbocycles. The Labute approximate surface area is 204 Å². The number of para-hydroxylation sites is 2. The fourth-order valence-corrected chi connectivity index (χ4v) is 4.31. The lowest BCUT2D eigenvalue weighted by molar-refractivity contribution is -0.122. The van der Waals surface area contributed by atoms with Gasteiger partial charge in [-0.2, -0.15) is 0 Å². The Morgan fingerprint density at radius 2 is 1.83 bits per heavy atom. The van der Waals surface area contributed by atoms with E-state index in [1.807, 2.05) is 13.8 Å². The van der Waals surface area contributed by atoms with Crippen molar-refractivity contribution >= 4 is 45.9 Å². The van der Waals surface area contributed by atoms with E-state index in [0.29, 0.717) is 16.1 Å². The van der Waals surface area contributed by atoms with E-state index in [9.17, 15) is 18.8 Å². The van der Waals surface area contributed by atoms with Crippen LogP contribution in [0.4, 0.5) is 10.1 Å². The summed E-state index contributed by atoms with van der Waals surface area (Å²) in [5.41, 5.74) is 0.416. The third kappa shape index (κ3) is 5.35. The lowest BCUT2D eigenvalue weighted by Crippen LogP contribution is -2.33. The molecule has 0 spiro atoms. The summed E-state index contributed by atoms with van der Waals surface area (Å²) in [6.07, 6.45) is 0.916. The van der Waals surface area contributed by atoms with Crippen LogP contribution in [0.5, 0.6) is 0 Å². The minimum atomic E-state index is -0.522. The summed E-state index contributed by atoms with van der Waals surface area (Å²) >= 11 is 1.12. The van der Waals surface area contributed by atoms with Crippen molar-refractivity contribution < 1.29 is 14.0 Å². The Bertz CT molecular complexity index is 1450. The molecule has 0 bridgehead atoms. The van der Waals surface area contributed by atoms with Gasteiger partial charge in [-0.1, -0.05) is 43.0 Å². The molecule has 2 amide bonds. The molecule has 1 atom stereocenters. The second kappa shape index (κ2) is 10.7. The zero-order chi connectivity index (χ0) is 24.9. The van der Waals surface area contributed by atoms with Gasteiger partial charge in [0.15, 0.2) is 5.16 Å². The van der Waals surface area contributed by atoms with Gasteiger partial charge in [0.25, 0.3) is 5.56 Å². The summed E-state index contributed by atoms with van der Waals surface area (Å²) in [6, 6.07) is 13.0. The van der Waals surface area contributed by atoms with E-state index in [1.165, 1.54) is 16.7 Å². The molecule has 0 aliphatic carbocycles. The quantitative estimate of drug-likeness (QED) is 0.344. The molecular formula is C24H25FN6O3S. The minimum Gasteiger partial charge on any atom is -0.354 e. The molecule has 2 heterocycles. The monoisotopic (exact) mass is 496 g/mol. The highest BCUT2D eigenvalue weighted by molar-refractivity contribution is 7.99. The summed E-state index contributed by atoms with van der Waals surface area (Å²) in [6.45, 7) is 4.03. The first-order valence-corrected chi connectivity index (χ1v) is 12.2. The molecule has 0 saturated heterocycles. The topological polar surface area (TPSA) is 110 Å². The normalized spacial score (nSPS) is 12.1. The molecule has 2 aromatic heterocycles. The number of nitrogens with zero attached hydrogens (tertiary/aromatic N) is 4. The number of rotatable bonds is 9. The van der Waals surface area contributed by atoms with Crippen LogP contribution < -0.4 is 16.2 Å². The van der Waals surface area contributed by atoms with E-state index >= 15 is 0 Å². The van der Waals surface area contributed by atoms with E-state index in [0.717, 1.165) is 18.2 Å². The van der Waals surface area contributed by atoms with Crippen LogP contribution in [-0.2, 0) is 16.1 Å². The maximum atomic E-state index is 13.8. The van der Waals surface area contributed by atoms with Crippen molar-refractivity contribution in [2.24, 2.45) is 0 Å². The number of aryl methyl sites for hydroxylation is 1. The fourth-order valence-electron chi connectivity index (χ4n) is 3.57. The van der Waals surface area contributed by atoms with Crippen molar-refractivity contribution in [1.82, 2.24) is 24.5 Å². The van der Waals surface area contributed by atoms with Crippen LogP contribution in [0.2, 0.25) is 0 Å². The summed E-state index contributed by atoms with van der Waals surface area (Å²) < 4.78 is 17.0. The van der Waals surface area contributed by atoms with Gasteiger partial charge in [0.05, 0.1) is 22.3 Å². The number of thioether (sulfide) groups is 1. The van der Waals surface area contributed by atoms with Crippen molar-refractivity contribution in [1.29, 1.82) is 0 Å². The number of anilines is 1. The third-order valence-electron chi connectivity index (χ3n) is 5.54. The van der Waals surface area contributed by atoms with Gasteiger partial charge < -0.3 is 10.6 Å². The van der Waals surface area contributed by atoms with Crippen molar-refractivity contribution in [3.8, 4) is 0 Å². The largest absolute Gasteiger partial charge is 0.354 e. The number of hydrogen-bond acceptors (Lipinski definition) is 6. The average Bonchev–Trinajstić information content (AvgIpc) is 3.28. The lowest BCUT2D eigenvalue weighted by Gasteiger charge is -2.13. The smallest absolute Gasteiger partial charge is 0.262 e. The number of aromatic nitrogens is 4. The van der Waals surface area contributed by atoms with Crippen molar-refractivity contribution in [3.05, 3.63) is 64.7 Å². The molecule has 4 aromatic rings. The fraction of sp³-hybridized carbons (Fsp3) is 0.292. The number of fused-ring (bicyclic) bond motifs is 3. The average molecular weight is 497 g/mol. The van der Waals surface area contributed by atoms with Gasteiger partial charge >= 0.3 is 0 Å². The highest BCUT2D eigenvalue weighted by atomic mass is 32.2. The predicted octanol–water partition coefficient (Wildman–Crippen LogP) is 3.22. The Morgan fingerprint density at radius 1 is 1.09 bits per heavy atom. The first kappa shape index (κ1) is 24.4. The highest BCUT2D eigenvalue weighted by Crippen LogP contribution is 2.22. The molecule has 0 aliphatic heterocycles. The van der Waals surface area contributed by atoms with Crippen molar-refractivity contribution in [2.75, 3.05) is 11.1 Å². The SMILES string of the molecule is CC[C@H](C)NC(=O)CCn1c(=O)c2ccccc2n2c(SCC(=O)Nc3ccccc3F)nnc12. The first-order chi connectivity index (χ1) is 16.9. The molecule has 2 N–H and O–H groups in total. The summed E-state index contributed by atoms with van der Waals surface area (Å²) in [5.74, 6) is -0.847. The highest BCUT2D eigenvalue weighted by Gasteiger charge is 2.18. The molecule has 9 nitrogen and oxygen atoms in total. The number of benzene rings is 2. The number of nitrogens with one attached hydrogen (secondary N) is 2. The summed E-state index contributed by atoms with van der Waals surface area (Å²) in [7, 11) is 0. The second-order valence-corrected chi connectivity index (χ2v) is 8.98. The van der Waals surface area contributed by atoms with E-state index in [2.05, 4.69) is 20.8 Å². The van der Waals surface area contributed by atoms with E-state index < -0.39 is 11.7 Å². The molecule has 0 fully saturated rings. The zero-order valence-corrected chi connectivity index (χ0v) is 20.1. The second-order valence-electron chi connectivity index (χ2n) is 8.04. The first-order valence-electron chi connectivity index (χ1n) is 11.2. The standard InChI is InChI=1S/C24H25FN6O3S/c1-3-15(2)26-20(32)12-13-30-22(34)16-8-4-7-11-19(16)31-23(30)28-29-24(31)35-14-21(33)27-18-10-6-5-9-17(18)25/h4-11,15H,3,12-14H2,1-2H3,(H,26,32)(H,27,33)/t15-/m0/s1. The Morgan fingerprint density at radius 3 is 2.60 bits per heavy atom. The van der Waals surface area contributed by atoms with Crippen LogP contribution in [0.3, 0.4) is 0 Å². The van der Waals surface area contributed by atoms with Gasteiger partial charge in [0, 0.05) is 19.0 Å². The molecule has 0 saturated carbocycles. The number of halogens is 1. The Kier molecular flexibility index (Phi) is 7.45. The predicted molar refractivity (Wildman–Crippen MR) is 133 cm³/mol. The number of carbonyl (C=O) groups excluding carboxylic acids is 2. The van der Waals surface area contributed by atoms with Crippen molar-refractivity contribution in [2.45, 2.75) is 44.4 Å². The van der Waals surface area contributed by atoms with Crippen LogP contribution >= 0.6 is 11.8 Å². The maximum absolute atomic E-state index is 13.8. The van der Waals surface area contributed by atoms with Crippen LogP contribution in [-0.4, -0.2) is 42.8 Å². The van der Waals surface area contributed by atoms with Gasteiger partial charge in [0.1, 0.15) is 5.82 Å². The van der Waals surface area contributed by atoms with Gasteiger partial charge in [-0.05, 0) is 37.6 Å². The number of hydrogen-bond donors (Lipinski definition) is 2. The van der Waals surface area contributed by atoms with Crippen molar-refractivity contribution in [3.63, 3.8) is 0 Å².